The molecule has 0 unspecified atom stereocenters. The van der Waals surface area contributed by atoms with Gasteiger partial charge in [-0.1, -0.05) is 30.3 Å². The van der Waals surface area contributed by atoms with E-state index in [9.17, 15) is 0 Å². The lowest BCUT2D eigenvalue weighted by Crippen LogP contribution is -2.36. The van der Waals surface area contributed by atoms with Gasteiger partial charge < -0.3 is 10.6 Å². The van der Waals surface area contributed by atoms with Crippen LogP contribution in [-0.2, 0) is 11.8 Å². The molecule has 0 saturated heterocycles. The minimum Gasteiger partial charge on any atom is -0.399 e. The molecule has 21 heavy (non-hydrogen) atoms. The maximum atomic E-state index is 5.83. The van der Waals surface area contributed by atoms with Gasteiger partial charge in [0.15, 0.2) is 0 Å². The fraction of sp³-hybridized carbons (Fsp3) is 0.368. The second-order valence-corrected chi connectivity index (χ2v) is 6.56. The third-order valence-electron chi connectivity index (χ3n) is 5.08. The van der Waals surface area contributed by atoms with Gasteiger partial charge in [-0.25, -0.2) is 0 Å². The summed E-state index contributed by atoms with van der Waals surface area (Å²) in [7, 11) is 0. The minimum atomic E-state index is 0.359. The van der Waals surface area contributed by atoms with Crippen molar-refractivity contribution in [2.24, 2.45) is 0 Å². The van der Waals surface area contributed by atoms with Crippen LogP contribution >= 0.6 is 0 Å². The van der Waals surface area contributed by atoms with Gasteiger partial charge in [0, 0.05) is 29.9 Å². The molecule has 1 fully saturated rings. The van der Waals surface area contributed by atoms with Gasteiger partial charge in [0.05, 0.1) is 0 Å². The van der Waals surface area contributed by atoms with Crippen molar-refractivity contribution in [1.82, 2.24) is 0 Å². The largest absolute Gasteiger partial charge is 0.399 e. The van der Waals surface area contributed by atoms with Gasteiger partial charge in [-0.05, 0) is 55.0 Å². The smallest absolute Gasteiger partial charge is 0.0399 e. The summed E-state index contributed by atoms with van der Waals surface area (Å²) in [6, 6.07) is 17.4. The summed E-state index contributed by atoms with van der Waals surface area (Å²) < 4.78 is 0. The number of hydrogen-bond donors (Lipinski definition) is 1. The quantitative estimate of drug-likeness (QED) is 0.866. The van der Waals surface area contributed by atoms with Gasteiger partial charge in [-0.3, -0.25) is 0 Å². The molecule has 1 aliphatic heterocycles. The Kier molecular flexibility index (Phi) is 2.91. The van der Waals surface area contributed by atoms with Crippen LogP contribution in [0.15, 0.2) is 48.5 Å². The zero-order valence-electron chi connectivity index (χ0n) is 12.4. The normalized spacial score (nSPS) is 19.1. The summed E-state index contributed by atoms with van der Waals surface area (Å²) >= 11 is 0. The van der Waals surface area contributed by atoms with Crippen molar-refractivity contribution < 1.29 is 0 Å². The molecule has 1 heterocycles. The van der Waals surface area contributed by atoms with E-state index in [1.54, 1.807) is 0 Å². The molecule has 1 aliphatic carbocycles. The Labute approximate surface area is 126 Å². The van der Waals surface area contributed by atoms with Crippen molar-refractivity contribution in [3.63, 3.8) is 0 Å². The number of anilines is 2. The van der Waals surface area contributed by atoms with Crippen LogP contribution in [0.2, 0.25) is 0 Å². The van der Waals surface area contributed by atoms with Crippen molar-refractivity contribution in [2.45, 2.75) is 31.1 Å². The van der Waals surface area contributed by atoms with E-state index < -0.39 is 0 Å². The molecule has 2 nitrogen and oxygen atoms in total. The first-order valence-electron chi connectivity index (χ1n) is 7.96. The highest BCUT2D eigenvalue weighted by Crippen LogP contribution is 2.49. The van der Waals surface area contributed by atoms with Crippen LogP contribution in [0.5, 0.6) is 0 Å². The van der Waals surface area contributed by atoms with Gasteiger partial charge in [0.25, 0.3) is 0 Å². The Bertz CT molecular complexity index is 641. The maximum Gasteiger partial charge on any atom is 0.0399 e. The van der Waals surface area contributed by atoms with Gasteiger partial charge >= 0.3 is 0 Å². The van der Waals surface area contributed by atoms with Gasteiger partial charge in [0.1, 0.15) is 0 Å². The van der Waals surface area contributed by atoms with Crippen LogP contribution in [0.1, 0.15) is 30.4 Å². The van der Waals surface area contributed by atoms with E-state index in [1.165, 1.54) is 49.0 Å². The fourth-order valence-electron chi connectivity index (χ4n) is 3.67. The van der Waals surface area contributed by atoms with Crippen LogP contribution in [0.25, 0.3) is 0 Å². The molecule has 1 saturated carbocycles. The number of nitrogens with zero attached hydrogens (tertiary/aromatic N) is 1. The number of nitrogen functional groups attached to an aromatic ring is 1. The Morgan fingerprint density at radius 2 is 1.76 bits per heavy atom. The van der Waals surface area contributed by atoms with E-state index in [0.29, 0.717) is 5.41 Å². The number of benzene rings is 2. The topological polar surface area (TPSA) is 29.3 Å². The highest BCUT2D eigenvalue weighted by molar-refractivity contribution is 5.57. The molecule has 2 aromatic carbocycles. The van der Waals surface area contributed by atoms with E-state index in [0.717, 1.165) is 12.2 Å². The van der Waals surface area contributed by atoms with Crippen molar-refractivity contribution in [3.8, 4) is 0 Å². The van der Waals surface area contributed by atoms with Crippen LogP contribution in [0.4, 0.5) is 11.4 Å². The molecule has 0 amide bonds. The van der Waals surface area contributed by atoms with Crippen LogP contribution in [0, 0.1) is 0 Å². The SMILES string of the molecule is Nc1ccc(C2(CN3CCCc4ccccc43)CC2)cc1. The number of fused-ring (bicyclic) bond motifs is 1. The molecule has 0 radical (unpaired) electrons. The van der Waals surface area contributed by atoms with Crippen LogP contribution < -0.4 is 10.6 Å². The predicted molar refractivity (Wildman–Crippen MR) is 88.7 cm³/mol. The molecular weight excluding hydrogens is 256 g/mol. The number of hydrogen-bond acceptors (Lipinski definition) is 2. The molecule has 2 aliphatic rings. The first-order chi connectivity index (χ1) is 10.3. The Balaban J connectivity index is 1.61. The average Bonchev–Trinajstić information content (AvgIpc) is 3.29. The fourth-order valence-corrected chi connectivity index (χ4v) is 3.67. The second kappa shape index (κ2) is 4.80. The Hall–Kier alpha value is -1.96. The first-order valence-corrected chi connectivity index (χ1v) is 7.96. The molecule has 0 spiro atoms. The summed E-state index contributed by atoms with van der Waals surface area (Å²) in [5, 5.41) is 0. The molecule has 108 valence electrons. The summed E-state index contributed by atoms with van der Waals surface area (Å²) in [5.41, 5.74) is 11.5. The molecule has 2 N–H and O–H groups in total. The van der Waals surface area contributed by atoms with E-state index in [2.05, 4.69) is 41.3 Å². The summed E-state index contributed by atoms with van der Waals surface area (Å²) in [6.45, 7) is 2.33. The molecule has 2 heteroatoms. The third kappa shape index (κ3) is 2.29. The lowest BCUT2D eigenvalue weighted by Gasteiger charge is -2.34. The van der Waals surface area contributed by atoms with Gasteiger partial charge in [-0.2, -0.15) is 0 Å². The predicted octanol–water partition coefficient (Wildman–Crippen LogP) is 3.75. The number of nitrogens with two attached hydrogens (primary N) is 1. The Morgan fingerprint density at radius 1 is 1.00 bits per heavy atom. The molecular formula is C19H22N2. The maximum absolute atomic E-state index is 5.83. The van der Waals surface area contributed by atoms with Crippen molar-refractivity contribution in [1.29, 1.82) is 0 Å². The third-order valence-corrected chi connectivity index (χ3v) is 5.08. The van der Waals surface area contributed by atoms with E-state index in [4.69, 9.17) is 5.73 Å². The first kappa shape index (κ1) is 12.8. The van der Waals surface area contributed by atoms with E-state index >= 15 is 0 Å². The molecule has 0 bridgehead atoms. The Morgan fingerprint density at radius 3 is 2.52 bits per heavy atom. The molecule has 4 rings (SSSR count). The number of rotatable bonds is 3. The average molecular weight is 278 g/mol. The molecule has 0 atom stereocenters. The zero-order chi connectivity index (χ0) is 14.3. The highest BCUT2D eigenvalue weighted by atomic mass is 15.1. The van der Waals surface area contributed by atoms with Crippen molar-refractivity contribution in [3.05, 3.63) is 59.7 Å². The monoisotopic (exact) mass is 278 g/mol. The zero-order valence-corrected chi connectivity index (χ0v) is 12.4. The van der Waals surface area contributed by atoms with E-state index in [1.807, 2.05) is 12.1 Å². The summed E-state index contributed by atoms with van der Waals surface area (Å²) in [6.07, 6.45) is 5.10. The van der Waals surface area contributed by atoms with Gasteiger partial charge in [-0.15, -0.1) is 0 Å². The lowest BCUT2D eigenvalue weighted by atomic mass is 9.93. The molecule has 0 aromatic heterocycles. The highest BCUT2D eigenvalue weighted by Gasteiger charge is 2.45. The number of para-hydroxylation sites is 1. The minimum absolute atomic E-state index is 0.359. The number of aryl methyl sites for hydroxylation is 1. The summed E-state index contributed by atoms with van der Waals surface area (Å²) in [4.78, 5) is 2.60. The van der Waals surface area contributed by atoms with Gasteiger partial charge in [0.2, 0.25) is 0 Å². The van der Waals surface area contributed by atoms with E-state index in [-0.39, 0.29) is 0 Å². The van der Waals surface area contributed by atoms with Crippen LogP contribution in [-0.4, -0.2) is 13.1 Å². The summed E-state index contributed by atoms with van der Waals surface area (Å²) in [5.74, 6) is 0. The van der Waals surface area contributed by atoms with Crippen molar-refractivity contribution >= 4 is 11.4 Å². The molecule has 2 aromatic rings. The lowest BCUT2D eigenvalue weighted by molar-refractivity contribution is 0.606. The van der Waals surface area contributed by atoms with Crippen molar-refractivity contribution in [2.75, 3.05) is 23.7 Å². The second-order valence-electron chi connectivity index (χ2n) is 6.56. The van der Waals surface area contributed by atoms with Crippen LogP contribution in [0.3, 0.4) is 0 Å². The standard InChI is InChI=1S/C19H22N2/c20-17-9-7-16(8-10-17)19(11-12-19)14-21-13-3-5-15-4-1-2-6-18(15)21/h1-2,4,6-10H,3,5,11-14,20H2.